The molecule has 1 aromatic rings. The molecule has 0 aromatic heterocycles. The zero-order chi connectivity index (χ0) is 19.9. The zero-order valence-corrected chi connectivity index (χ0v) is 21.5. The first-order valence-electron chi connectivity index (χ1n) is 10.5. The molecule has 1 aliphatic carbocycles. The monoisotopic (exact) mass is 476 g/mol. The summed E-state index contributed by atoms with van der Waals surface area (Å²) in [6.07, 6.45) is 7.66. The molecule has 1 saturated carbocycles. The van der Waals surface area contributed by atoms with Crippen molar-refractivity contribution >= 4 is 11.6 Å². The number of rotatable bonds is 7. The number of aliphatic hydroxyl groups excluding tert-OH is 1. The number of alkyl halides is 1. The van der Waals surface area contributed by atoms with Crippen LogP contribution in [0.1, 0.15) is 95.3 Å². The topological polar surface area (TPSA) is 20.2 Å². The average Bonchev–Trinajstić information content (AvgIpc) is 2.98. The number of halogens is 1. The van der Waals surface area contributed by atoms with Crippen LogP contribution >= 0.6 is 11.6 Å². The van der Waals surface area contributed by atoms with Gasteiger partial charge in [0.1, 0.15) is 0 Å². The van der Waals surface area contributed by atoms with Crippen molar-refractivity contribution in [1.29, 1.82) is 0 Å². The van der Waals surface area contributed by atoms with Gasteiger partial charge >= 0.3 is 0 Å². The summed E-state index contributed by atoms with van der Waals surface area (Å²) >= 11 is 6.56. The van der Waals surface area contributed by atoms with Crippen molar-refractivity contribution < 1.29 is 37.8 Å². The molecule has 0 heterocycles. The first kappa shape index (κ1) is 26.2. The molecule has 0 bridgehead atoms. The maximum Gasteiger partial charge on any atom is 0.0790 e. The van der Waals surface area contributed by atoms with Crippen LogP contribution in [-0.2, 0) is 32.7 Å². The molecule has 1 radical (unpaired) electrons. The van der Waals surface area contributed by atoms with Gasteiger partial charge in [-0.2, -0.15) is 6.42 Å². The summed E-state index contributed by atoms with van der Waals surface area (Å²) < 4.78 is 0. The third kappa shape index (κ3) is 8.48. The minimum absolute atomic E-state index is 0. The molecular weight excluding hydrogens is 441 g/mol. The van der Waals surface area contributed by atoms with E-state index in [0.29, 0.717) is 11.3 Å². The van der Waals surface area contributed by atoms with E-state index >= 15 is 0 Å². The Morgan fingerprint density at radius 3 is 2.46 bits per heavy atom. The maximum absolute atomic E-state index is 10.5. The Hall–Kier alpha value is 0.134. The first-order chi connectivity index (χ1) is 12.8. The van der Waals surface area contributed by atoms with Crippen LogP contribution in [0.4, 0.5) is 0 Å². The third-order valence-electron chi connectivity index (χ3n) is 5.55. The van der Waals surface area contributed by atoms with Crippen LogP contribution in [0.15, 0.2) is 24.3 Å². The van der Waals surface area contributed by atoms with Crippen molar-refractivity contribution in [2.75, 3.05) is 0 Å². The second kappa shape index (κ2) is 12.7. The van der Waals surface area contributed by atoms with Crippen molar-refractivity contribution in [3.8, 4) is 11.8 Å². The molecule has 1 aliphatic rings. The van der Waals surface area contributed by atoms with E-state index in [4.69, 9.17) is 11.6 Å². The molecule has 1 N–H and O–H groups in total. The Kier molecular flexibility index (Phi) is 11.9. The first-order valence-corrected chi connectivity index (χ1v) is 10.9. The van der Waals surface area contributed by atoms with Gasteiger partial charge in [-0.1, -0.05) is 63.8 Å². The van der Waals surface area contributed by atoms with Gasteiger partial charge in [-0.05, 0) is 48.1 Å². The molecule has 4 atom stereocenters. The van der Waals surface area contributed by atoms with Crippen LogP contribution in [0.5, 0.6) is 0 Å². The summed E-state index contributed by atoms with van der Waals surface area (Å²) in [5.41, 5.74) is 2.65. The zero-order valence-electron chi connectivity index (χ0n) is 17.9. The molecule has 1 nitrogen and oxygen atoms in total. The van der Waals surface area contributed by atoms with E-state index in [0.717, 1.165) is 56.9 Å². The molecular formula is C25H36ClOY-. The number of aliphatic hydroxyl groups is 1. The van der Waals surface area contributed by atoms with Crippen LogP contribution in [0, 0.1) is 30.1 Å². The predicted octanol–water partition coefficient (Wildman–Crippen LogP) is 7.04. The second-order valence-corrected chi connectivity index (χ2v) is 9.70. The summed E-state index contributed by atoms with van der Waals surface area (Å²) in [6, 6.07) is 8.52. The van der Waals surface area contributed by atoms with Gasteiger partial charge in [0.05, 0.1) is 6.10 Å². The molecule has 0 amide bonds. The number of benzene rings is 1. The smallest absolute Gasteiger partial charge is 0.0790 e. The van der Waals surface area contributed by atoms with Gasteiger partial charge in [0.2, 0.25) is 0 Å². The van der Waals surface area contributed by atoms with Crippen molar-refractivity contribution in [2.24, 2.45) is 11.3 Å². The average molecular weight is 477 g/mol. The quantitative estimate of drug-likeness (QED) is 0.193. The van der Waals surface area contributed by atoms with Gasteiger partial charge in [0.15, 0.2) is 0 Å². The molecule has 1 fully saturated rings. The Balaban J connectivity index is 0.00000392. The Morgan fingerprint density at radius 1 is 1.18 bits per heavy atom. The largest absolute Gasteiger partial charge is 0.388 e. The Labute approximate surface area is 203 Å². The van der Waals surface area contributed by atoms with Crippen molar-refractivity contribution in [3.05, 3.63) is 42.3 Å². The number of unbranched alkanes of at least 4 members (excludes halogenated alkanes) is 2. The number of hydrogen-bond donors (Lipinski definition) is 1. The van der Waals surface area contributed by atoms with Crippen LogP contribution in [0.3, 0.4) is 0 Å². The molecule has 153 valence electrons. The molecule has 3 heteroatoms. The summed E-state index contributed by atoms with van der Waals surface area (Å²) in [6.45, 7) is 10.6. The molecule has 1 aromatic carbocycles. The van der Waals surface area contributed by atoms with E-state index in [2.05, 4.69) is 63.8 Å². The number of hydrogen-bond acceptors (Lipinski definition) is 1. The Morgan fingerprint density at radius 2 is 1.86 bits per heavy atom. The van der Waals surface area contributed by atoms with Crippen LogP contribution in [-0.4, -0.2) is 10.5 Å². The predicted molar refractivity (Wildman–Crippen MR) is 117 cm³/mol. The summed E-state index contributed by atoms with van der Waals surface area (Å²) in [4.78, 5) is 0. The van der Waals surface area contributed by atoms with Gasteiger partial charge in [-0.25, -0.2) is 0 Å². The van der Waals surface area contributed by atoms with Gasteiger partial charge in [0, 0.05) is 50.4 Å². The fourth-order valence-electron chi connectivity index (χ4n) is 3.88. The van der Waals surface area contributed by atoms with E-state index in [1.807, 2.05) is 0 Å². The molecule has 28 heavy (non-hydrogen) atoms. The Bertz CT molecular complexity index is 623. The maximum atomic E-state index is 10.5. The van der Waals surface area contributed by atoms with Crippen LogP contribution < -0.4 is 0 Å². The summed E-state index contributed by atoms with van der Waals surface area (Å²) in [7, 11) is 0. The molecule has 4 unspecified atom stereocenters. The van der Waals surface area contributed by atoms with Gasteiger partial charge < -0.3 is 12.0 Å². The third-order valence-corrected chi connectivity index (χ3v) is 6.04. The van der Waals surface area contributed by atoms with Gasteiger partial charge in [-0.15, -0.1) is 17.5 Å². The second-order valence-electron chi connectivity index (χ2n) is 9.14. The van der Waals surface area contributed by atoms with E-state index in [1.54, 1.807) is 0 Å². The normalized spacial score (nSPS) is 22.9. The molecule has 2 rings (SSSR count). The van der Waals surface area contributed by atoms with Crippen molar-refractivity contribution in [3.63, 3.8) is 0 Å². The van der Waals surface area contributed by atoms with Gasteiger partial charge in [-0.3, -0.25) is 0 Å². The van der Waals surface area contributed by atoms with E-state index in [9.17, 15) is 5.11 Å². The van der Waals surface area contributed by atoms with Crippen molar-refractivity contribution in [1.82, 2.24) is 0 Å². The molecule has 0 spiro atoms. The minimum atomic E-state index is -0.371. The minimum Gasteiger partial charge on any atom is -0.388 e. The van der Waals surface area contributed by atoms with E-state index in [-0.39, 0.29) is 50.1 Å². The summed E-state index contributed by atoms with van der Waals surface area (Å²) in [5, 5.41) is 10.6. The SMILES string of the molecule is [CH2-]CCCC#CC1C(Cl)CCC1c1ccc(C(O)CCCC(C)(C)C)cc1.[Y]. The summed E-state index contributed by atoms with van der Waals surface area (Å²) in [5.74, 6) is 7.39. The van der Waals surface area contributed by atoms with E-state index in [1.165, 1.54) is 5.56 Å². The molecule has 0 aliphatic heterocycles. The standard InChI is InChI=1S/C25H36ClO.Y/c1-5-6-7-8-10-22-21(16-17-23(22)26)19-12-14-20(15-13-19)24(27)11-9-18-25(2,3)4;/h12-15,21-24,27H,1,5-7,9,11,16-18H2,2-4H3;/q-1;. The van der Waals surface area contributed by atoms with Crippen LogP contribution in [0.25, 0.3) is 0 Å². The van der Waals surface area contributed by atoms with Crippen LogP contribution in [0.2, 0.25) is 0 Å². The van der Waals surface area contributed by atoms with Crippen molar-refractivity contribution in [2.45, 2.75) is 89.5 Å². The van der Waals surface area contributed by atoms with Gasteiger partial charge in [0.25, 0.3) is 0 Å². The van der Waals surface area contributed by atoms with E-state index < -0.39 is 0 Å². The fourth-order valence-corrected chi connectivity index (χ4v) is 4.24. The molecule has 0 saturated heterocycles. The fraction of sp³-hybridized carbons (Fsp3) is 0.640.